The van der Waals surface area contributed by atoms with Gasteiger partial charge in [-0.25, -0.2) is 4.79 Å². The van der Waals surface area contributed by atoms with Gasteiger partial charge in [0.2, 0.25) is 0 Å². The summed E-state index contributed by atoms with van der Waals surface area (Å²) in [6.07, 6.45) is -1.86. The normalized spacial score (nSPS) is 16.9. The van der Waals surface area contributed by atoms with Crippen molar-refractivity contribution in [2.24, 2.45) is 5.92 Å². The number of carbonyl (C=O) groups is 1. The third-order valence-corrected chi connectivity index (χ3v) is 4.10. The molecule has 0 saturated heterocycles. The first-order valence-electron chi connectivity index (χ1n) is 7.64. The molecule has 0 radical (unpaired) electrons. The minimum absolute atomic E-state index is 0.137. The van der Waals surface area contributed by atoms with E-state index in [0.29, 0.717) is 18.6 Å². The zero-order valence-electron chi connectivity index (χ0n) is 13.0. The van der Waals surface area contributed by atoms with Crippen LogP contribution in [0.5, 0.6) is 5.75 Å². The number of hydrogen-bond acceptors (Lipinski definition) is 2. The van der Waals surface area contributed by atoms with Crippen LogP contribution < -0.4 is 15.4 Å². The Hall–Kier alpha value is -1.92. The summed E-state index contributed by atoms with van der Waals surface area (Å²) in [6.45, 7) is 0.137. The Morgan fingerprint density at radius 3 is 2.65 bits per heavy atom. The van der Waals surface area contributed by atoms with Crippen molar-refractivity contribution in [1.82, 2.24) is 10.6 Å². The first-order valence-corrected chi connectivity index (χ1v) is 7.64. The van der Waals surface area contributed by atoms with E-state index in [-0.39, 0.29) is 6.54 Å². The molecule has 0 aliphatic heterocycles. The van der Waals surface area contributed by atoms with Crippen LogP contribution in [-0.2, 0) is 6.54 Å². The molecule has 2 N–H and O–H groups in total. The summed E-state index contributed by atoms with van der Waals surface area (Å²) in [4.78, 5) is 11.8. The lowest BCUT2D eigenvalue weighted by molar-refractivity contribution is -0.164. The molecular weight excluding hydrogens is 309 g/mol. The summed E-state index contributed by atoms with van der Waals surface area (Å²) >= 11 is 0. The molecule has 1 aromatic carbocycles. The number of amides is 2. The lowest BCUT2D eigenvalue weighted by Crippen LogP contribution is -2.52. The van der Waals surface area contributed by atoms with E-state index in [2.05, 4.69) is 10.6 Å². The highest BCUT2D eigenvalue weighted by atomic mass is 19.4. The van der Waals surface area contributed by atoms with E-state index in [1.54, 1.807) is 24.3 Å². The second kappa shape index (κ2) is 7.57. The number of ether oxygens (including phenoxy) is 1. The van der Waals surface area contributed by atoms with Gasteiger partial charge in [-0.15, -0.1) is 0 Å². The molecule has 23 heavy (non-hydrogen) atoms. The van der Waals surface area contributed by atoms with Crippen LogP contribution >= 0.6 is 0 Å². The second-order valence-corrected chi connectivity index (χ2v) is 5.74. The number of carbonyl (C=O) groups excluding carboxylic acids is 1. The van der Waals surface area contributed by atoms with Crippen molar-refractivity contribution >= 4 is 6.03 Å². The van der Waals surface area contributed by atoms with E-state index < -0.39 is 24.2 Å². The molecule has 1 aliphatic rings. The lowest BCUT2D eigenvalue weighted by atomic mass is 9.98. The molecule has 1 aromatic rings. The van der Waals surface area contributed by atoms with Crippen LogP contribution in [0.4, 0.5) is 18.0 Å². The maximum Gasteiger partial charge on any atom is 0.408 e. The monoisotopic (exact) mass is 330 g/mol. The molecule has 0 aromatic heterocycles. The van der Waals surface area contributed by atoms with Crippen LogP contribution in [0.3, 0.4) is 0 Å². The number of nitrogens with one attached hydrogen (secondary N) is 2. The van der Waals surface area contributed by atoms with Crippen molar-refractivity contribution in [3.05, 3.63) is 29.8 Å². The third-order valence-electron chi connectivity index (χ3n) is 4.10. The molecule has 1 aliphatic carbocycles. The van der Waals surface area contributed by atoms with E-state index in [4.69, 9.17) is 4.74 Å². The Morgan fingerprint density at radius 1 is 1.35 bits per heavy atom. The molecule has 1 fully saturated rings. The average Bonchev–Trinajstić information content (AvgIpc) is 3.03. The first kappa shape index (κ1) is 17.4. The molecule has 0 spiro atoms. The number of rotatable bonds is 5. The maximum atomic E-state index is 13.1. The Morgan fingerprint density at radius 2 is 2.04 bits per heavy atom. The summed E-state index contributed by atoms with van der Waals surface area (Å²) in [5.41, 5.74) is 0.754. The number of hydrogen-bond donors (Lipinski definition) is 2. The van der Waals surface area contributed by atoms with Crippen molar-refractivity contribution < 1.29 is 22.7 Å². The minimum Gasteiger partial charge on any atom is -0.497 e. The van der Waals surface area contributed by atoms with Crippen molar-refractivity contribution in [1.29, 1.82) is 0 Å². The summed E-state index contributed by atoms with van der Waals surface area (Å²) in [5.74, 6) is 0.0985. The van der Waals surface area contributed by atoms with Crippen LogP contribution in [-0.4, -0.2) is 25.4 Å². The molecule has 0 bridgehead atoms. The van der Waals surface area contributed by atoms with Crippen LogP contribution in [0.1, 0.15) is 31.2 Å². The summed E-state index contributed by atoms with van der Waals surface area (Å²) in [7, 11) is 1.52. The Labute approximate surface area is 133 Å². The fraction of sp³-hybridized carbons (Fsp3) is 0.562. The third kappa shape index (κ3) is 5.04. The Kier molecular flexibility index (Phi) is 5.74. The van der Waals surface area contributed by atoms with E-state index in [1.807, 2.05) is 0 Å². The summed E-state index contributed by atoms with van der Waals surface area (Å²) in [5, 5.41) is 4.56. The number of halogens is 3. The standard InChI is InChI=1S/C16H21F3N2O2/c1-23-13-8-4-5-11(9-13)10-20-15(22)21-14(16(17,18)19)12-6-2-3-7-12/h4-5,8-9,12,14H,2-3,6-7,10H2,1H3,(H2,20,21,22)/t14-/m1/s1. The number of alkyl halides is 3. The molecule has 2 rings (SSSR count). The summed E-state index contributed by atoms with van der Waals surface area (Å²) < 4.78 is 44.5. The number of benzene rings is 1. The maximum absolute atomic E-state index is 13.1. The van der Waals surface area contributed by atoms with Gasteiger partial charge in [0.15, 0.2) is 0 Å². The lowest BCUT2D eigenvalue weighted by Gasteiger charge is -2.27. The Bertz CT molecular complexity index is 528. The average molecular weight is 330 g/mol. The van der Waals surface area contributed by atoms with Crippen molar-refractivity contribution in [2.75, 3.05) is 7.11 Å². The molecule has 1 atom stereocenters. The topological polar surface area (TPSA) is 50.4 Å². The zero-order valence-corrected chi connectivity index (χ0v) is 13.0. The molecule has 0 unspecified atom stereocenters. The minimum atomic E-state index is -4.43. The Balaban J connectivity index is 1.91. The van der Waals surface area contributed by atoms with E-state index >= 15 is 0 Å². The predicted octanol–water partition coefficient (Wildman–Crippen LogP) is 3.62. The van der Waals surface area contributed by atoms with Crippen molar-refractivity contribution in [3.63, 3.8) is 0 Å². The van der Waals surface area contributed by atoms with E-state index in [1.165, 1.54) is 7.11 Å². The highest BCUT2D eigenvalue weighted by molar-refractivity contribution is 5.74. The second-order valence-electron chi connectivity index (χ2n) is 5.74. The van der Waals surface area contributed by atoms with E-state index in [9.17, 15) is 18.0 Å². The van der Waals surface area contributed by atoms with Gasteiger partial charge in [-0.2, -0.15) is 13.2 Å². The smallest absolute Gasteiger partial charge is 0.408 e. The van der Waals surface area contributed by atoms with Gasteiger partial charge in [0.1, 0.15) is 11.8 Å². The SMILES string of the molecule is COc1cccc(CNC(=O)N[C@H](C2CCCC2)C(F)(F)F)c1. The van der Waals surface area contributed by atoms with Crippen LogP contribution in [0.15, 0.2) is 24.3 Å². The van der Waals surface area contributed by atoms with Crippen LogP contribution in [0, 0.1) is 5.92 Å². The molecule has 7 heteroatoms. The van der Waals surface area contributed by atoms with Crippen molar-refractivity contribution in [3.8, 4) is 5.75 Å². The zero-order chi connectivity index (χ0) is 16.9. The largest absolute Gasteiger partial charge is 0.497 e. The van der Waals surface area contributed by atoms with Crippen LogP contribution in [0.25, 0.3) is 0 Å². The molecule has 0 heterocycles. The van der Waals surface area contributed by atoms with Crippen LogP contribution in [0.2, 0.25) is 0 Å². The number of methoxy groups -OCH3 is 1. The highest BCUT2D eigenvalue weighted by Crippen LogP contribution is 2.35. The van der Waals surface area contributed by atoms with Crippen molar-refractivity contribution in [2.45, 2.75) is 44.4 Å². The predicted molar refractivity (Wildman–Crippen MR) is 80.2 cm³/mol. The molecular formula is C16H21F3N2O2. The van der Waals surface area contributed by atoms with Gasteiger partial charge < -0.3 is 15.4 Å². The molecule has 2 amide bonds. The van der Waals surface area contributed by atoms with Gasteiger partial charge in [-0.1, -0.05) is 25.0 Å². The van der Waals surface area contributed by atoms with Gasteiger partial charge in [0.05, 0.1) is 7.11 Å². The van der Waals surface area contributed by atoms with Gasteiger partial charge >= 0.3 is 12.2 Å². The number of urea groups is 1. The first-order chi connectivity index (χ1) is 10.9. The van der Waals surface area contributed by atoms with Gasteiger partial charge in [-0.3, -0.25) is 0 Å². The molecule has 1 saturated carbocycles. The van der Waals surface area contributed by atoms with E-state index in [0.717, 1.165) is 18.4 Å². The van der Waals surface area contributed by atoms with Gasteiger partial charge in [0, 0.05) is 6.54 Å². The highest BCUT2D eigenvalue weighted by Gasteiger charge is 2.46. The van der Waals surface area contributed by atoms with Gasteiger partial charge in [0.25, 0.3) is 0 Å². The fourth-order valence-corrected chi connectivity index (χ4v) is 2.91. The molecule has 4 nitrogen and oxygen atoms in total. The quantitative estimate of drug-likeness (QED) is 0.866. The summed E-state index contributed by atoms with van der Waals surface area (Å²) in [6, 6.07) is 4.41. The fourth-order valence-electron chi connectivity index (χ4n) is 2.91. The molecule has 128 valence electrons. The van der Waals surface area contributed by atoms with Gasteiger partial charge in [-0.05, 0) is 36.5 Å².